The van der Waals surface area contributed by atoms with Crippen LogP contribution in [0.4, 0.5) is 0 Å². The van der Waals surface area contributed by atoms with Crippen molar-refractivity contribution < 1.29 is 5.48 Å². The predicted molar refractivity (Wildman–Crippen MR) is 44.6 cm³/mol. The molecule has 0 atom stereocenters. The summed E-state index contributed by atoms with van der Waals surface area (Å²) in [6.45, 7) is 0. The van der Waals surface area contributed by atoms with E-state index in [1.807, 2.05) is 14.1 Å². The molecule has 0 aromatic carbocycles. The zero-order valence-electron chi connectivity index (χ0n) is 5.30. The molecule has 1 radical (unpaired) electrons. The zero-order valence-corrected chi connectivity index (χ0v) is 9.01. The van der Waals surface area contributed by atoms with Gasteiger partial charge in [0.2, 0.25) is 0 Å². The fourth-order valence-corrected chi connectivity index (χ4v) is 0. The van der Waals surface area contributed by atoms with Gasteiger partial charge >= 0.3 is 0 Å². The first-order valence-corrected chi connectivity index (χ1v) is 2.40. The van der Waals surface area contributed by atoms with Crippen molar-refractivity contribution in [2.75, 3.05) is 14.1 Å². The molecule has 8 heavy (non-hydrogen) atoms. The molecule has 0 saturated heterocycles. The largest absolute Gasteiger partial charge is 0.412 e. The van der Waals surface area contributed by atoms with Gasteiger partial charge in [-0.1, -0.05) is 12.2 Å². The van der Waals surface area contributed by atoms with Crippen molar-refractivity contribution in [2.24, 2.45) is 0 Å². The van der Waals surface area contributed by atoms with E-state index >= 15 is 0 Å². The Hall–Kier alpha value is 1.20. The molecular weight excluding hydrogens is 153 g/mol. The summed E-state index contributed by atoms with van der Waals surface area (Å²) in [5.41, 5.74) is 0. The van der Waals surface area contributed by atoms with Crippen LogP contribution in [0.5, 0.6) is 0 Å². The van der Waals surface area contributed by atoms with Gasteiger partial charge in [-0.05, 0) is 0 Å². The first-order valence-electron chi connectivity index (χ1n) is 1.55. The molecule has 45 valence electrons. The molecule has 0 aliphatic heterocycles. The number of hydrogen-bond acceptors (Lipinski definition) is 1. The molecule has 0 saturated carbocycles. The molecule has 2 nitrogen and oxygen atoms in total. The fraction of sp³-hybridized carbons (Fsp3) is 0.667. The summed E-state index contributed by atoms with van der Waals surface area (Å²) in [6.07, 6.45) is 0. The fourth-order valence-electron chi connectivity index (χ4n) is 0. The molecule has 0 rings (SSSR count). The second-order valence-corrected chi connectivity index (χ2v) is 2.29. The van der Waals surface area contributed by atoms with E-state index in [0.29, 0.717) is 4.32 Å². The smallest absolute Gasteiger partial charge is 0.132 e. The Morgan fingerprint density at radius 3 is 1.62 bits per heavy atom. The molecule has 5 heteroatoms. The Morgan fingerprint density at radius 1 is 1.50 bits per heavy atom. The summed E-state index contributed by atoms with van der Waals surface area (Å²) in [5, 5.41) is 0. The molecule has 0 heterocycles. The van der Waals surface area contributed by atoms with Gasteiger partial charge in [-0.15, -0.1) is 12.6 Å². The molecule has 0 aliphatic rings. The van der Waals surface area contributed by atoms with Crippen LogP contribution in [0.3, 0.4) is 0 Å². The van der Waals surface area contributed by atoms with Crippen molar-refractivity contribution >= 4 is 58.7 Å². The number of thiocarbonyl (C=S) groups is 1. The van der Waals surface area contributed by atoms with Crippen molar-refractivity contribution in [2.45, 2.75) is 0 Å². The summed E-state index contributed by atoms with van der Waals surface area (Å²) in [7, 11) is 3.71. The number of nitrogens with zero attached hydrogens (tertiary/aromatic N) is 1. The Bertz CT molecular complexity index is 68.3. The summed E-state index contributed by atoms with van der Waals surface area (Å²) in [4.78, 5) is 1.76. The maximum absolute atomic E-state index is 4.61. The third-order valence-electron chi connectivity index (χ3n) is 0.383. The molecule has 0 aromatic rings. The zero-order chi connectivity index (χ0) is 5.15. The van der Waals surface area contributed by atoms with E-state index in [1.165, 1.54) is 0 Å². The first-order chi connectivity index (χ1) is 2.64. The molecule has 0 amide bonds. The maximum Gasteiger partial charge on any atom is 0.132 e. The van der Waals surface area contributed by atoms with Crippen molar-refractivity contribution in [3.8, 4) is 0 Å². The molecule has 0 bridgehead atoms. The topological polar surface area (TPSA) is 34.7 Å². The van der Waals surface area contributed by atoms with E-state index < -0.39 is 0 Å². The molecule has 0 unspecified atom stereocenters. The van der Waals surface area contributed by atoms with Crippen molar-refractivity contribution in [3.05, 3.63) is 0 Å². The minimum atomic E-state index is 0. The van der Waals surface area contributed by atoms with E-state index in [9.17, 15) is 0 Å². The van der Waals surface area contributed by atoms with Gasteiger partial charge in [0.05, 0.1) is 0 Å². The van der Waals surface area contributed by atoms with E-state index in [0.717, 1.165) is 0 Å². The number of hydrogen-bond donors (Lipinski definition) is 1. The average Bonchev–Trinajstić information content (AvgIpc) is 1.36. The molecule has 0 spiro atoms. The summed E-state index contributed by atoms with van der Waals surface area (Å²) in [5.74, 6) is 0. The molecule has 0 aliphatic carbocycles. The first kappa shape index (κ1) is 16.1. The van der Waals surface area contributed by atoms with E-state index in [4.69, 9.17) is 0 Å². The van der Waals surface area contributed by atoms with Crippen LogP contribution >= 0.6 is 24.8 Å². The van der Waals surface area contributed by atoms with Crippen LogP contribution in [0.15, 0.2) is 0 Å². The third-order valence-corrected chi connectivity index (χ3v) is 1.15. The Balaban J connectivity index is -0.000000125. The van der Waals surface area contributed by atoms with Crippen LogP contribution in [-0.2, 0) is 0 Å². The molecule has 0 aromatic heterocycles. The standard InChI is InChI=1S/C3H7NS2.Na.H2O/c1-4(2)3(5)6;;/h1-2H3,(H,5,6);;1H2. The Kier molecular flexibility index (Phi) is 16.5. The van der Waals surface area contributed by atoms with Crippen LogP contribution in [0.25, 0.3) is 0 Å². The monoisotopic (exact) mass is 162 g/mol. The number of rotatable bonds is 0. The van der Waals surface area contributed by atoms with Crippen molar-refractivity contribution in [1.82, 2.24) is 4.90 Å². The van der Waals surface area contributed by atoms with Gasteiger partial charge in [-0.25, -0.2) is 0 Å². The maximum atomic E-state index is 4.61. The van der Waals surface area contributed by atoms with Gasteiger partial charge in [-0.3, -0.25) is 0 Å². The van der Waals surface area contributed by atoms with Gasteiger partial charge in [-0.2, -0.15) is 0 Å². The molecule has 2 N–H and O–H groups in total. The second kappa shape index (κ2) is 8.20. The average molecular weight is 162 g/mol. The normalized spacial score (nSPS) is 5.88. The summed E-state index contributed by atoms with van der Waals surface area (Å²) < 4.78 is 0.620. The van der Waals surface area contributed by atoms with Crippen molar-refractivity contribution in [1.29, 1.82) is 0 Å². The minimum Gasteiger partial charge on any atom is -0.412 e. The summed E-state index contributed by atoms with van der Waals surface area (Å²) in [6, 6.07) is 0. The van der Waals surface area contributed by atoms with Gasteiger partial charge < -0.3 is 10.4 Å². The minimum absolute atomic E-state index is 0. The second-order valence-electron chi connectivity index (χ2n) is 1.18. The van der Waals surface area contributed by atoms with Crippen LogP contribution in [0.1, 0.15) is 0 Å². The van der Waals surface area contributed by atoms with Crippen LogP contribution in [0.2, 0.25) is 0 Å². The molecular formula is C3H9NNaOS2. The quantitative estimate of drug-likeness (QED) is 0.298. The van der Waals surface area contributed by atoms with Gasteiger partial charge in [0.1, 0.15) is 4.32 Å². The summed E-state index contributed by atoms with van der Waals surface area (Å²) >= 11 is 8.46. The predicted octanol–water partition coefficient (Wildman–Crippen LogP) is -0.443. The Labute approximate surface area is 82.6 Å². The number of thiol groups is 1. The van der Waals surface area contributed by atoms with E-state index in [2.05, 4.69) is 24.8 Å². The van der Waals surface area contributed by atoms with Gasteiger partial charge in [0.25, 0.3) is 0 Å². The SMILES string of the molecule is CN(C)C(=S)S.O.[Na]. The van der Waals surface area contributed by atoms with Crippen LogP contribution in [-0.4, -0.2) is 58.3 Å². The van der Waals surface area contributed by atoms with Gasteiger partial charge in [0, 0.05) is 43.7 Å². The van der Waals surface area contributed by atoms with E-state index in [-0.39, 0.29) is 35.0 Å². The van der Waals surface area contributed by atoms with Crippen LogP contribution < -0.4 is 0 Å². The third kappa shape index (κ3) is 10.2. The van der Waals surface area contributed by atoms with Crippen LogP contribution in [0, 0.1) is 0 Å². The van der Waals surface area contributed by atoms with Gasteiger partial charge in [0.15, 0.2) is 0 Å². The Morgan fingerprint density at radius 2 is 1.62 bits per heavy atom. The van der Waals surface area contributed by atoms with Crippen molar-refractivity contribution in [3.63, 3.8) is 0 Å². The van der Waals surface area contributed by atoms with E-state index in [1.54, 1.807) is 4.90 Å². The molecule has 0 fully saturated rings.